The van der Waals surface area contributed by atoms with Crippen molar-refractivity contribution >= 4 is 16.1 Å². The SMILES string of the molecule is CCOC(=O)[C@@H](N)CCS(=O)(=O)O. The van der Waals surface area contributed by atoms with Crippen LogP contribution in [0.5, 0.6) is 0 Å². The van der Waals surface area contributed by atoms with Gasteiger partial charge in [-0.15, -0.1) is 0 Å². The summed E-state index contributed by atoms with van der Waals surface area (Å²) in [6.45, 7) is 1.81. The molecule has 0 saturated carbocycles. The number of hydrogen-bond donors (Lipinski definition) is 2. The second-order valence-corrected chi connectivity index (χ2v) is 4.01. The zero-order chi connectivity index (χ0) is 10.5. The second kappa shape index (κ2) is 5.15. The summed E-state index contributed by atoms with van der Waals surface area (Å²) in [5.41, 5.74) is 5.26. The summed E-state index contributed by atoms with van der Waals surface area (Å²) in [5.74, 6) is -1.20. The van der Waals surface area contributed by atoms with Gasteiger partial charge in [0.15, 0.2) is 0 Å². The monoisotopic (exact) mass is 211 g/mol. The zero-order valence-electron chi connectivity index (χ0n) is 7.26. The Morgan fingerprint density at radius 3 is 2.54 bits per heavy atom. The largest absolute Gasteiger partial charge is 0.465 e. The van der Waals surface area contributed by atoms with E-state index >= 15 is 0 Å². The molecular weight excluding hydrogens is 198 g/mol. The average Bonchev–Trinajstić information content (AvgIpc) is 1.99. The highest BCUT2D eigenvalue weighted by Gasteiger charge is 2.17. The summed E-state index contributed by atoms with van der Waals surface area (Å²) in [7, 11) is -4.06. The van der Waals surface area contributed by atoms with Gasteiger partial charge < -0.3 is 10.5 Å². The smallest absolute Gasteiger partial charge is 0.322 e. The lowest BCUT2D eigenvalue weighted by molar-refractivity contribution is -0.144. The van der Waals surface area contributed by atoms with Crippen LogP contribution in [-0.2, 0) is 19.6 Å². The van der Waals surface area contributed by atoms with Crippen molar-refractivity contribution in [1.29, 1.82) is 0 Å². The van der Waals surface area contributed by atoms with E-state index in [0.29, 0.717) is 0 Å². The highest BCUT2D eigenvalue weighted by atomic mass is 32.2. The van der Waals surface area contributed by atoms with Gasteiger partial charge in [-0.2, -0.15) is 8.42 Å². The highest BCUT2D eigenvalue weighted by molar-refractivity contribution is 7.85. The molecule has 0 saturated heterocycles. The van der Waals surface area contributed by atoms with Crippen LogP contribution < -0.4 is 5.73 Å². The molecule has 0 unspecified atom stereocenters. The summed E-state index contributed by atoms with van der Waals surface area (Å²) in [5, 5.41) is 0. The molecule has 0 radical (unpaired) electrons. The molecule has 7 heteroatoms. The van der Waals surface area contributed by atoms with Crippen LogP contribution in [0, 0.1) is 0 Å². The van der Waals surface area contributed by atoms with Crippen LogP contribution >= 0.6 is 0 Å². The number of hydrogen-bond acceptors (Lipinski definition) is 5. The van der Waals surface area contributed by atoms with Gasteiger partial charge in [0.1, 0.15) is 6.04 Å². The molecule has 0 aliphatic carbocycles. The van der Waals surface area contributed by atoms with Gasteiger partial charge in [0, 0.05) is 0 Å². The fourth-order valence-corrected chi connectivity index (χ4v) is 1.19. The number of ether oxygens (including phenoxy) is 1. The number of rotatable bonds is 5. The summed E-state index contributed by atoms with van der Waals surface area (Å²) in [6, 6.07) is -0.998. The first-order chi connectivity index (χ1) is 5.87. The molecule has 0 aliphatic rings. The lowest BCUT2D eigenvalue weighted by Crippen LogP contribution is -2.34. The summed E-state index contributed by atoms with van der Waals surface area (Å²) in [4.78, 5) is 10.8. The summed E-state index contributed by atoms with van der Waals surface area (Å²) >= 11 is 0. The molecule has 0 bridgehead atoms. The van der Waals surface area contributed by atoms with Gasteiger partial charge in [0.05, 0.1) is 12.4 Å². The fourth-order valence-electron chi connectivity index (χ4n) is 0.643. The van der Waals surface area contributed by atoms with Gasteiger partial charge in [-0.05, 0) is 13.3 Å². The molecule has 78 valence electrons. The molecule has 0 aromatic heterocycles. The van der Waals surface area contributed by atoms with Crippen molar-refractivity contribution in [3.63, 3.8) is 0 Å². The van der Waals surface area contributed by atoms with E-state index in [1.54, 1.807) is 6.92 Å². The molecular formula is C6H13NO5S. The Morgan fingerprint density at radius 1 is 1.62 bits per heavy atom. The van der Waals surface area contributed by atoms with Gasteiger partial charge in [0.2, 0.25) is 0 Å². The van der Waals surface area contributed by atoms with E-state index in [-0.39, 0.29) is 13.0 Å². The maximum absolute atomic E-state index is 10.8. The topological polar surface area (TPSA) is 107 Å². The van der Waals surface area contributed by atoms with Crippen molar-refractivity contribution in [2.45, 2.75) is 19.4 Å². The molecule has 0 rings (SSSR count). The number of nitrogens with two attached hydrogens (primary N) is 1. The molecule has 0 amide bonds. The van der Waals surface area contributed by atoms with Crippen molar-refractivity contribution in [2.75, 3.05) is 12.4 Å². The number of carbonyl (C=O) groups excluding carboxylic acids is 1. The van der Waals surface area contributed by atoms with Crippen LogP contribution in [0.3, 0.4) is 0 Å². The summed E-state index contributed by atoms with van der Waals surface area (Å²) < 4.78 is 33.4. The Hall–Kier alpha value is -0.660. The number of carbonyl (C=O) groups is 1. The molecule has 0 aromatic rings. The molecule has 13 heavy (non-hydrogen) atoms. The van der Waals surface area contributed by atoms with Crippen molar-refractivity contribution in [3.8, 4) is 0 Å². The minimum absolute atomic E-state index is 0.141. The van der Waals surface area contributed by atoms with Gasteiger partial charge in [0.25, 0.3) is 10.1 Å². The first kappa shape index (κ1) is 12.3. The van der Waals surface area contributed by atoms with E-state index in [0.717, 1.165) is 0 Å². The van der Waals surface area contributed by atoms with Crippen LogP contribution in [0.4, 0.5) is 0 Å². The van der Waals surface area contributed by atoms with Crippen LogP contribution in [-0.4, -0.2) is 37.3 Å². The van der Waals surface area contributed by atoms with E-state index < -0.39 is 27.9 Å². The van der Waals surface area contributed by atoms with Crippen molar-refractivity contribution in [1.82, 2.24) is 0 Å². The lowest BCUT2D eigenvalue weighted by atomic mass is 10.2. The number of esters is 1. The van der Waals surface area contributed by atoms with E-state index in [4.69, 9.17) is 10.3 Å². The van der Waals surface area contributed by atoms with Crippen LogP contribution in [0.1, 0.15) is 13.3 Å². The van der Waals surface area contributed by atoms with Gasteiger partial charge >= 0.3 is 5.97 Å². The summed E-state index contributed by atoms with van der Waals surface area (Å²) in [6.07, 6.45) is -0.141. The average molecular weight is 211 g/mol. The minimum atomic E-state index is -4.06. The lowest BCUT2D eigenvalue weighted by Gasteiger charge is -2.08. The Kier molecular flexibility index (Phi) is 4.89. The van der Waals surface area contributed by atoms with E-state index in [1.165, 1.54) is 0 Å². The Bertz CT molecular complexity index is 260. The molecule has 0 aromatic carbocycles. The minimum Gasteiger partial charge on any atom is -0.465 e. The quantitative estimate of drug-likeness (QED) is 0.453. The molecule has 0 heterocycles. The Balaban J connectivity index is 3.88. The van der Waals surface area contributed by atoms with Crippen LogP contribution in [0.15, 0.2) is 0 Å². The molecule has 0 spiro atoms. The van der Waals surface area contributed by atoms with Gasteiger partial charge in [-0.25, -0.2) is 0 Å². The Labute approximate surface area is 76.8 Å². The maximum atomic E-state index is 10.8. The molecule has 0 fully saturated rings. The molecule has 0 aliphatic heterocycles. The predicted molar refractivity (Wildman–Crippen MR) is 45.6 cm³/mol. The predicted octanol–water partition coefficient (Wildman–Crippen LogP) is -0.845. The first-order valence-corrected chi connectivity index (χ1v) is 5.35. The normalized spacial score (nSPS) is 13.8. The third kappa shape index (κ3) is 6.50. The third-order valence-electron chi connectivity index (χ3n) is 1.28. The third-order valence-corrected chi connectivity index (χ3v) is 2.03. The standard InChI is InChI=1S/C6H13NO5S/c1-2-12-6(8)5(7)3-4-13(9,10)11/h5H,2-4,7H2,1H3,(H,9,10,11)/t5-/m0/s1. The van der Waals surface area contributed by atoms with Crippen LogP contribution in [0.2, 0.25) is 0 Å². The van der Waals surface area contributed by atoms with Gasteiger partial charge in [-0.1, -0.05) is 0 Å². The van der Waals surface area contributed by atoms with E-state index in [9.17, 15) is 13.2 Å². The van der Waals surface area contributed by atoms with E-state index in [1.807, 2.05) is 0 Å². The second-order valence-electron chi connectivity index (χ2n) is 2.43. The van der Waals surface area contributed by atoms with Gasteiger partial charge in [-0.3, -0.25) is 9.35 Å². The zero-order valence-corrected chi connectivity index (χ0v) is 8.08. The van der Waals surface area contributed by atoms with Crippen molar-refractivity contribution < 1.29 is 22.5 Å². The van der Waals surface area contributed by atoms with E-state index in [2.05, 4.69) is 4.74 Å². The molecule has 3 N–H and O–H groups in total. The molecule has 6 nitrogen and oxygen atoms in total. The Morgan fingerprint density at radius 2 is 2.15 bits per heavy atom. The highest BCUT2D eigenvalue weighted by Crippen LogP contribution is 1.95. The molecule has 1 atom stereocenters. The van der Waals surface area contributed by atoms with Crippen LogP contribution in [0.25, 0.3) is 0 Å². The first-order valence-electron chi connectivity index (χ1n) is 3.74. The van der Waals surface area contributed by atoms with Crippen molar-refractivity contribution in [2.24, 2.45) is 5.73 Å². The van der Waals surface area contributed by atoms with Crippen molar-refractivity contribution in [3.05, 3.63) is 0 Å². The fraction of sp³-hybridized carbons (Fsp3) is 0.833. The maximum Gasteiger partial charge on any atom is 0.322 e.